The van der Waals surface area contributed by atoms with E-state index in [0.29, 0.717) is 0 Å². The highest BCUT2D eigenvalue weighted by Crippen LogP contribution is 2.53. The zero-order valence-electron chi connectivity index (χ0n) is 15.1. The molecule has 0 radical (unpaired) electrons. The zero-order valence-corrected chi connectivity index (χ0v) is 15.1. The van der Waals surface area contributed by atoms with Crippen molar-refractivity contribution >= 4 is 0 Å². The van der Waals surface area contributed by atoms with Gasteiger partial charge >= 0.3 is 11.6 Å². The Morgan fingerprint density at radius 2 is 1.56 bits per heavy atom. The molecule has 0 bridgehead atoms. The topological polar surface area (TPSA) is 81.4 Å². The van der Waals surface area contributed by atoms with Gasteiger partial charge in [0, 0.05) is 0 Å². The van der Waals surface area contributed by atoms with Crippen LogP contribution >= 0.6 is 0 Å². The first-order valence-corrected chi connectivity index (χ1v) is 8.06. The van der Waals surface area contributed by atoms with Gasteiger partial charge in [0.2, 0.25) is 5.88 Å². The molecule has 2 heterocycles. The Kier molecular flexibility index (Phi) is 4.43. The molecule has 7 nitrogen and oxygen atoms in total. The quantitative estimate of drug-likeness (QED) is 0.776. The average Bonchev–Trinajstić information content (AvgIpc) is 2.55. The van der Waals surface area contributed by atoms with Crippen molar-refractivity contribution in [1.82, 2.24) is 19.8 Å². The molecule has 0 saturated carbocycles. The Hall–Kier alpha value is -2.59. The smallest absolute Gasteiger partial charge is 0.328 e. The summed E-state index contributed by atoms with van der Waals surface area (Å²) in [6.07, 6.45) is 0. The van der Waals surface area contributed by atoms with Crippen molar-refractivity contribution < 1.29 is 17.9 Å². The number of hydrogen-bond donors (Lipinski definition) is 2. The van der Waals surface area contributed by atoms with Crippen molar-refractivity contribution in [2.45, 2.75) is 17.7 Å². The van der Waals surface area contributed by atoms with Crippen LogP contribution in [0.5, 0.6) is 5.88 Å². The van der Waals surface area contributed by atoms with E-state index in [1.165, 1.54) is 40.3 Å². The van der Waals surface area contributed by atoms with Crippen molar-refractivity contribution in [3.8, 4) is 5.88 Å². The van der Waals surface area contributed by atoms with Crippen LogP contribution in [-0.4, -0.2) is 59.7 Å². The summed E-state index contributed by atoms with van der Waals surface area (Å²) in [5, 5.41) is 0. The molecule has 1 atom stereocenters. The number of fused-ring (bicyclic) bond motifs is 1. The molecule has 0 aliphatic carbocycles. The molecule has 1 aliphatic heterocycles. The molecule has 3 rings (SSSR count). The summed E-state index contributed by atoms with van der Waals surface area (Å²) >= 11 is 0. The van der Waals surface area contributed by atoms with Gasteiger partial charge in [-0.15, -0.1) is 0 Å². The van der Waals surface area contributed by atoms with Gasteiger partial charge < -0.3 is 4.74 Å². The molecular formula is C17H19F3N4O3. The van der Waals surface area contributed by atoms with E-state index in [9.17, 15) is 14.0 Å². The second-order valence-corrected chi connectivity index (χ2v) is 6.76. The third-order valence-electron chi connectivity index (χ3n) is 4.69. The Morgan fingerprint density at radius 1 is 1.00 bits per heavy atom. The lowest BCUT2D eigenvalue weighted by Gasteiger charge is -2.53. The summed E-state index contributed by atoms with van der Waals surface area (Å²) in [6.45, 7) is 0. The van der Waals surface area contributed by atoms with Crippen LogP contribution in [0.1, 0.15) is 17.0 Å². The third kappa shape index (κ3) is 2.67. The molecule has 1 unspecified atom stereocenters. The number of rotatable bonds is 3. The molecule has 0 amide bonds. The van der Waals surface area contributed by atoms with E-state index in [0.717, 1.165) is 21.9 Å². The Bertz CT molecular complexity index is 959. The Morgan fingerprint density at radius 3 is 2.07 bits per heavy atom. The van der Waals surface area contributed by atoms with Crippen LogP contribution in [0.4, 0.5) is 13.2 Å². The van der Waals surface area contributed by atoms with Gasteiger partial charge in [0.05, 0.1) is 11.5 Å². The second kappa shape index (κ2) is 6.24. The number of alkyl halides is 2. The number of ether oxygens (including phenoxy) is 1. The first-order chi connectivity index (χ1) is 12.5. The van der Waals surface area contributed by atoms with Crippen LogP contribution in [0, 0.1) is 5.82 Å². The van der Waals surface area contributed by atoms with E-state index < -0.39 is 40.3 Å². The molecule has 0 spiro atoms. The van der Waals surface area contributed by atoms with Crippen LogP contribution in [-0.2, 0) is 0 Å². The van der Waals surface area contributed by atoms with Crippen molar-refractivity contribution in [3.63, 3.8) is 0 Å². The highest BCUT2D eigenvalue weighted by Gasteiger charge is 2.68. The molecule has 2 N–H and O–H groups in total. The summed E-state index contributed by atoms with van der Waals surface area (Å²) in [5.41, 5.74) is -2.29. The summed E-state index contributed by atoms with van der Waals surface area (Å²) in [4.78, 5) is 30.6. The molecular weight excluding hydrogens is 365 g/mol. The molecule has 1 aromatic carbocycles. The van der Waals surface area contributed by atoms with E-state index in [1.54, 1.807) is 0 Å². The molecule has 146 valence electrons. The average molecular weight is 384 g/mol. The lowest BCUT2D eigenvalue weighted by atomic mass is 9.81. The van der Waals surface area contributed by atoms with Gasteiger partial charge in [-0.2, -0.15) is 8.78 Å². The van der Waals surface area contributed by atoms with Crippen molar-refractivity contribution in [2.75, 3.05) is 28.2 Å². The summed E-state index contributed by atoms with van der Waals surface area (Å²) in [5.74, 6) is -8.71. The number of nitrogens with zero attached hydrogens (tertiary/aromatic N) is 2. The number of aromatic nitrogens is 2. The fourth-order valence-electron chi connectivity index (χ4n) is 3.61. The van der Waals surface area contributed by atoms with Crippen molar-refractivity contribution in [3.05, 3.63) is 62.0 Å². The molecule has 1 aromatic heterocycles. The lowest BCUT2D eigenvalue weighted by molar-refractivity contribution is -0.306. The predicted molar refractivity (Wildman–Crippen MR) is 91.6 cm³/mol. The SMILES string of the molecule is CN(C)C1(N(C)C)Oc2[nH]c(=O)[nH]c(=O)c2C(c2ccc(F)cc2)C1(F)F. The minimum Gasteiger partial charge on any atom is -0.437 e. The number of halogens is 3. The minimum atomic E-state index is -3.66. The first kappa shape index (κ1) is 19.2. The Balaban J connectivity index is 2.40. The first-order valence-electron chi connectivity index (χ1n) is 8.06. The van der Waals surface area contributed by atoms with E-state index in [-0.39, 0.29) is 11.4 Å². The van der Waals surface area contributed by atoms with Crippen molar-refractivity contribution in [1.29, 1.82) is 0 Å². The number of benzene rings is 1. The van der Waals surface area contributed by atoms with E-state index >= 15 is 8.78 Å². The maximum absolute atomic E-state index is 15.9. The molecule has 2 aromatic rings. The molecule has 27 heavy (non-hydrogen) atoms. The highest BCUT2D eigenvalue weighted by atomic mass is 19.3. The summed E-state index contributed by atoms with van der Waals surface area (Å²) < 4.78 is 50.7. The monoisotopic (exact) mass is 384 g/mol. The molecule has 10 heteroatoms. The number of hydrogen-bond acceptors (Lipinski definition) is 5. The van der Waals surface area contributed by atoms with Gasteiger partial charge in [-0.1, -0.05) is 12.1 Å². The molecule has 1 aliphatic rings. The fourth-order valence-corrected chi connectivity index (χ4v) is 3.61. The van der Waals surface area contributed by atoms with E-state index in [2.05, 4.69) is 4.98 Å². The van der Waals surface area contributed by atoms with E-state index in [4.69, 9.17) is 4.74 Å². The maximum Gasteiger partial charge on any atom is 0.328 e. The largest absolute Gasteiger partial charge is 0.437 e. The number of H-pyrrole nitrogens is 2. The molecule has 0 saturated heterocycles. The summed E-state index contributed by atoms with van der Waals surface area (Å²) in [6, 6.07) is 4.44. The predicted octanol–water partition coefficient (Wildman–Crippen LogP) is 1.14. The number of nitrogens with one attached hydrogen (secondary N) is 2. The van der Waals surface area contributed by atoms with Crippen LogP contribution in [0.15, 0.2) is 33.9 Å². The van der Waals surface area contributed by atoms with Crippen LogP contribution < -0.4 is 16.0 Å². The maximum atomic E-state index is 15.9. The number of aromatic amines is 2. The van der Waals surface area contributed by atoms with Crippen LogP contribution in [0.2, 0.25) is 0 Å². The lowest BCUT2D eigenvalue weighted by Crippen LogP contribution is -2.73. The van der Waals surface area contributed by atoms with Gasteiger partial charge in [0.1, 0.15) is 5.82 Å². The normalized spacial score (nSPS) is 20.4. The van der Waals surface area contributed by atoms with Crippen molar-refractivity contribution in [2.24, 2.45) is 0 Å². The van der Waals surface area contributed by atoms with Gasteiger partial charge in [0.25, 0.3) is 11.4 Å². The van der Waals surface area contributed by atoms with Gasteiger partial charge in [-0.3, -0.25) is 24.6 Å². The van der Waals surface area contributed by atoms with E-state index in [1.807, 2.05) is 4.98 Å². The zero-order chi connectivity index (χ0) is 20.1. The Labute approximate surface area is 152 Å². The van der Waals surface area contributed by atoms with Crippen LogP contribution in [0.25, 0.3) is 0 Å². The van der Waals surface area contributed by atoms with Gasteiger partial charge in [-0.05, 0) is 45.9 Å². The second-order valence-electron chi connectivity index (χ2n) is 6.76. The highest BCUT2D eigenvalue weighted by molar-refractivity contribution is 5.43. The molecule has 0 fully saturated rings. The summed E-state index contributed by atoms with van der Waals surface area (Å²) in [7, 11) is 5.58. The van der Waals surface area contributed by atoms with Gasteiger partial charge in [-0.25, -0.2) is 9.18 Å². The minimum absolute atomic E-state index is 0.0107. The van der Waals surface area contributed by atoms with Gasteiger partial charge in [0.15, 0.2) is 0 Å². The standard InChI is InChI=1S/C17H19F3N4O3/c1-23(2)17(24(3)4)16(19,20)12(9-5-7-10(18)8-6-9)11-13(25)21-15(26)22-14(11)27-17/h5-8,12H,1-4H3,(H2,21,22,25,26). The van der Waals surface area contributed by atoms with Crippen LogP contribution in [0.3, 0.4) is 0 Å². The third-order valence-corrected chi connectivity index (χ3v) is 4.69. The fraction of sp³-hybridized carbons (Fsp3) is 0.412.